The number of urea groups is 1. The third-order valence-corrected chi connectivity index (χ3v) is 4.99. The molecule has 0 bridgehead atoms. The van der Waals surface area contributed by atoms with Crippen LogP contribution < -0.4 is 10.9 Å². The summed E-state index contributed by atoms with van der Waals surface area (Å²) in [5.41, 5.74) is 2.30. The van der Waals surface area contributed by atoms with Crippen LogP contribution in [0.5, 0.6) is 0 Å². The zero-order valence-corrected chi connectivity index (χ0v) is 15.3. The summed E-state index contributed by atoms with van der Waals surface area (Å²) in [6, 6.07) is 7.71. The maximum atomic E-state index is 13.0. The highest BCUT2D eigenvalue weighted by molar-refractivity contribution is 6.03. The van der Waals surface area contributed by atoms with Gasteiger partial charge in [0.15, 0.2) is 0 Å². The zero-order chi connectivity index (χ0) is 18.8. The van der Waals surface area contributed by atoms with Crippen molar-refractivity contribution in [3.63, 3.8) is 0 Å². The number of nitrogens with one attached hydrogen (secondary N) is 2. The quantitative estimate of drug-likeness (QED) is 0.684. The number of rotatable bonds is 4. The smallest absolute Gasteiger partial charge is 0.317 e. The van der Waals surface area contributed by atoms with Crippen molar-refractivity contribution < 1.29 is 9.53 Å². The van der Waals surface area contributed by atoms with E-state index in [0.29, 0.717) is 56.7 Å². The minimum atomic E-state index is -0.0726. The molecule has 0 unspecified atom stereocenters. The predicted octanol–water partition coefficient (Wildman–Crippen LogP) is 1.62. The molecule has 0 saturated carbocycles. The molecular weight excluding hydrogens is 346 g/mol. The Balaban J connectivity index is 1.51. The fourth-order valence-electron chi connectivity index (χ4n) is 3.57. The Bertz CT molecular complexity index is 1030. The first-order chi connectivity index (χ1) is 13.2. The van der Waals surface area contributed by atoms with Crippen molar-refractivity contribution in [3.05, 3.63) is 40.3 Å². The van der Waals surface area contributed by atoms with Gasteiger partial charge in [0, 0.05) is 37.3 Å². The molecule has 3 heterocycles. The standard InChI is InChI=1S/C19H23N5O3/c1-13-16-17(22-21-13)14-5-2-3-6-15(14)24(18(16)25)8-4-7-20-19(26)23-9-11-27-12-10-23/h2-3,5-6H,4,7-12H2,1H3,(H,20,26)(H,21,22). The summed E-state index contributed by atoms with van der Waals surface area (Å²) in [6.07, 6.45) is 0.669. The highest BCUT2D eigenvalue weighted by Crippen LogP contribution is 2.22. The van der Waals surface area contributed by atoms with Gasteiger partial charge in [0.05, 0.1) is 24.1 Å². The van der Waals surface area contributed by atoms with Gasteiger partial charge < -0.3 is 19.5 Å². The molecule has 1 aromatic carbocycles. The number of carbonyl (C=O) groups is 1. The average molecular weight is 369 g/mol. The van der Waals surface area contributed by atoms with Gasteiger partial charge in [0.1, 0.15) is 5.52 Å². The number of aryl methyl sites for hydroxylation is 2. The summed E-state index contributed by atoms with van der Waals surface area (Å²) >= 11 is 0. The van der Waals surface area contributed by atoms with E-state index in [-0.39, 0.29) is 11.6 Å². The Kier molecular flexibility index (Phi) is 4.81. The largest absolute Gasteiger partial charge is 0.378 e. The molecule has 2 aromatic heterocycles. The topological polar surface area (TPSA) is 92.2 Å². The third-order valence-electron chi connectivity index (χ3n) is 4.99. The molecule has 8 nitrogen and oxygen atoms in total. The van der Waals surface area contributed by atoms with Crippen LogP contribution in [0.4, 0.5) is 4.79 Å². The van der Waals surface area contributed by atoms with Crippen LogP contribution in [0.1, 0.15) is 12.1 Å². The number of amides is 2. The lowest BCUT2D eigenvalue weighted by atomic mass is 10.1. The molecule has 142 valence electrons. The van der Waals surface area contributed by atoms with Crippen LogP contribution >= 0.6 is 0 Å². The summed E-state index contributed by atoms with van der Waals surface area (Å²) in [7, 11) is 0. The van der Waals surface area contributed by atoms with Crippen molar-refractivity contribution in [2.75, 3.05) is 32.8 Å². The maximum absolute atomic E-state index is 13.0. The van der Waals surface area contributed by atoms with Crippen molar-refractivity contribution in [1.29, 1.82) is 0 Å². The van der Waals surface area contributed by atoms with Gasteiger partial charge in [-0.1, -0.05) is 18.2 Å². The third kappa shape index (κ3) is 3.28. The monoisotopic (exact) mass is 369 g/mol. The fraction of sp³-hybridized carbons (Fsp3) is 0.421. The molecule has 0 atom stereocenters. The molecule has 1 aliphatic rings. The van der Waals surface area contributed by atoms with Gasteiger partial charge in [-0.25, -0.2) is 4.79 Å². The van der Waals surface area contributed by atoms with Crippen molar-refractivity contribution >= 4 is 27.8 Å². The van der Waals surface area contributed by atoms with Crippen LogP contribution in [0.15, 0.2) is 29.1 Å². The molecule has 0 aliphatic carbocycles. The molecule has 3 aromatic rings. The molecule has 1 aliphatic heterocycles. The van der Waals surface area contributed by atoms with E-state index >= 15 is 0 Å². The number of pyridine rings is 1. The second-order valence-electron chi connectivity index (χ2n) is 6.73. The van der Waals surface area contributed by atoms with Crippen LogP contribution in [0, 0.1) is 6.92 Å². The molecule has 1 fully saturated rings. The number of hydrogen-bond donors (Lipinski definition) is 2. The van der Waals surface area contributed by atoms with Gasteiger partial charge in [-0.2, -0.15) is 5.10 Å². The highest BCUT2D eigenvalue weighted by Gasteiger charge is 2.17. The van der Waals surface area contributed by atoms with Crippen LogP contribution in [0.25, 0.3) is 21.8 Å². The summed E-state index contributed by atoms with van der Waals surface area (Å²) in [5, 5.41) is 11.7. The maximum Gasteiger partial charge on any atom is 0.317 e. The van der Waals surface area contributed by atoms with Crippen molar-refractivity contribution in [3.8, 4) is 0 Å². The van der Waals surface area contributed by atoms with E-state index in [2.05, 4.69) is 15.5 Å². The number of para-hydroxylation sites is 1. The van der Waals surface area contributed by atoms with E-state index in [9.17, 15) is 9.59 Å². The molecule has 0 radical (unpaired) electrons. The van der Waals surface area contributed by atoms with Crippen molar-refractivity contribution in [1.82, 2.24) is 25.0 Å². The summed E-state index contributed by atoms with van der Waals surface area (Å²) < 4.78 is 7.04. The Labute approximate surface area is 156 Å². The number of hydrogen-bond acceptors (Lipinski definition) is 4. The number of benzene rings is 1. The number of ether oxygens (including phenoxy) is 1. The van der Waals surface area contributed by atoms with E-state index in [1.54, 1.807) is 9.47 Å². The van der Waals surface area contributed by atoms with Crippen molar-refractivity contribution in [2.45, 2.75) is 19.9 Å². The summed E-state index contributed by atoms with van der Waals surface area (Å²) in [5.74, 6) is 0. The Morgan fingerprint density at radius 1 is 1.30 bits per heavy atom. The van der Waals surface area contributed by atoms with Crippen LogP contribution in [0.3, 0.4) is 0 Å². The van der Waals surface area contributed by atoms with Gasteiger partial charge in [-0.05, 0) is 19.4 Å². The molecular formula is C19H23N5O3. The predicted molar refractivity (Wildman–Crippen MR) is 103 cm³/mol. The van der Waals surface area contributed by atoms with E-state index in [1.165, 1.54) is 0 Å². The number of H-pyrrole nitrogens is 1. The SMILES string of the molecule is Cc1[nH]nc2c1c(=O)n(CCCNC(=O)N1CCOCC1)c1ccccc21. The molecule has 2 amide bonds. The van der Waals surface area contributed by atoms with E-state index in [4.69, 9.17) is 4.74 Å². The molecule has 4 rings (SSSR count). The number of aromatic amines is 1. The summed E-state index contributed by atoms with van der Waals surface area (Å²) in [6.45, 7) is 5.30. The number of morpholine rings is 1. The Morgan fingerprint density at radius 3 is 2.89 bits per heavy atom. The first-order valence-electron chi connectivity index (χ1n) is 9.23. The lowest BCUT2D eigenvalue weighted by Crippen LogP contribution is -2.46. The normalized spacial score (nSPS) is 14.8. The lowest BCUT2D eigenvalue weighted by Gasteiger charge is -2.26. The molecule has 27 heavy (non-hydrogen) atoms. The molecule has 8 heteroatoms. The summed E-state index contributed by atoms with van der Waals surface area (Å²) in [4.78, 5) is 26.9. The number of nitrogens with zero attached hydrogens (tertiary/aromatic N) is 3. The van der Waals surface area contributed by atoms with E-state index < -0.39 is 0 Å². The van der Waals surface area contributed by atoms with Crippen LogP contribution in [-0.4, -0.2) is 58.5 Å². The Morgan fingerprint density at radius 2 is 2.07 bits per heavy atom. The second kappa shape index (κ2) is 7.40. The second-order valence-corrected chi connectivity index (χ2v) is 6.73. The number of carbonyl (C=O) groups excluding carboxylic acids is 1. The van der Waals surface area contributed by atoms with Crippen LogP contribution in [-0.2, 0) is 11.3 Å². The van der Waals surface area contributed by atoms with Crippen LogP contribution in [0.2, 0.25) is 0 Å². The van der Waals surface area contributed by atoms with Gasteiger partial charge in [0.25, 0.3) is 5.56 Å². The molecule has 1 saturated heterocycles. The minimum absolute atomic E-state index is 0.0468. The fourth-order valence-corrected chi connectivity index (χ4v) is 3.57. The lowest BCUT2D eigenvalue weighted by molar-refractivity contribution is 0.0532. The number of aromatic nitrogens is 3. The van der Waals surface area contributed by atoms with Gasteiger partial charge in [-0.15, -0.1) is 0 Å². The molecule has 0 spiro atoms. The van der Waals surface area contributed by atoms with Crippen molar-refractivity contribution in [2.24, 2.45) is 0 Å². The first kappa shape index (κ1) is 17.5. The van der Waals surface area contributed by atoms with Gasteiger partial charge in [-0.3, -0.25) is 9.89 Å². The van der Waals surface area contributed by atoms with Gasteiger partial charge in [0.2, 0.25) is 0 Å². The van der Waals surface area contributed by atoms with E-state index in [1.807, 2.05) is 31.2 Å². The average Bonchev–Trinajstić information content (AvgIpc) is 3.10. The first-order valence-corrected chi connectivity index (χ1v) is 9.23. The highest BCUT2D eigenvalue weighted by atomic mass is 16.5. The van der Waals surface area contributed by atoms with Gasteiger partial charge >= 0.3 is 6.03 Å². The van der Waals surface area contributed by atoms with E-state index in [0.717, 1.165) is 16.6 Å². The minimum Gasteiger partial charge on any atom is -0.378 e. The molecule has 2 N–H and O–H groups in total. The zero-order valence-electron chi connectivity index (χ0n) is 15.3. The Hall–Kier alpha value is -2.87. The number of fused-ring (bicyclic) bond motifs is 3.